The molecule has 0 amide bonds. The van der Waals surface area contributed by atoms with Crippen LogP contribution >= 0.6 is 0 Å². The topological polar surface area (TPSA) is 76.7 Å². The molecule has 3 rings (SSSR count). The minimum absolute atomic E-state index is 0.447. The summed E-state index contributed by atoms with van der Waals surface area (Å²) in [5, 5.41) is 14.4. The quantitative estimate of drug-likeness (QED) is 0.0434. The second kappa shape index (κ2) is 29.9. The Morgan fingerprint density at radius 1 is 0.773 bits per heavy atom. The van der Waals surface area contributed by atoms with Gasteiger partial charge >= 0.3 is 0 Å². The lowest BCUT2D eigenvalue weighted by molar-refractivity contribution is 0.301. The predicted molar refractivity (Wildman–Crippen MR) is 190 cm³/mol. The molecule has 0 saturated carbocycles. The molecule has 2 aromatic carbocycles. The van der Waals surface area contributed by atoms with Crippen LogP contribution in [0.3, 0.4) is 0 Å². The van der Waals surface area contributed by atoms with Crippen LogP contribution < -0.4 is 0 Å². The number of rotatable bonds is 22. The van der Waals surface area contributed by atoms with Crippen molar-refractivity contribution in [1.29, 1.82) is 0 Å². The van der Waals surface area contributed by atoms with E-state index in [0.29, 0.717) is 12.6 Å². The molecule has 1 heterocycles. The fourth-order valence-corrected chi connectivity index (χ4v) is 5.13. The minimum atomic E-state index is 0.447. The zero-order valence-electron chi connectivity index (χ0n) is 28.2. The second-order valence-electron chi connectivity index (χ2n) is 11.8. The molecule has 0 aliphatic carbocycles. The van der Waals surface area contributed by atoms with E-state index in [4.69, 9.17) is 5.53 Å². The highest BCUT2D eigenvalue weighted by molar-refractivity contribution is 5.15. The number of nitrogens with zero attached hydrogens (tertiary/aromatic N) is 6. The SMILES string of the molecule is C=CCCCCCCCC.CCCCCCCCC1CN(CCCc2ccccc2)N=N1.[N-]=[N+]=NCCCc1ccccc1. The van der Waals surface area contributed by atoms with E-state index in [0.717, 1.165) is 38.8 Å². The lowest BCUT2D eigenvalue weighted by atomic mass is 10.1. The van der Waals surface area contributed by atoms with E-state index in [9.17, 15) is 0 Å². The molecule has 0 bridgehead atoms. The number of benzene rings is 2. The van der Waals surface area contributed by atoms with Crippen molar-refractivity contribution < 1.29 is 0 Å². The Bertz CT molecular complexity index is 971. The maximum atomic E-state index is 8.02. The van der Waals surface area contributed by atoms with Crippen molar-refractivity contribution in [2.45, 2.75) is 135 Å². The van der Waals surface area contributed by atoms with E-state index < -0.39 is 0 Å². The van der Waals surface area contributed by atoms with Crippen LogP contribution in [-0.4, -0.2) is 30.7 Å². The van der Waals surface area contributed by atoms with Crippen LogP contribution in [0.2, 0.25) is 0 Å². The van der Waals surface area contributed by atoms with Crippen molar-refractivity contribution in [3.05, 3.63) is 94.9 Å². The number of azide groups is 1. The average molecular weight is 603 g/mol. The molecule has 244 valence electrons. The van der Waals surface area contributed by atoms with Crippen LogP contribution in [0, 0.1) is 0 Å². The lowest BCUT2D eigenvalue weighted by Gasteiger charge is -2.13. The summed E-state index contributed by atoms with van der Waals surface area (Å²) in [7, 11) is 0. The molecule has 6 nitrogen and oxygen atoms in total. The average Bonchev–Trinajstić information content (AvgIpc) is 3.52. The zero-order valence-corrected chi connectivity index (χ0v) is 28.2. The second-order valence-corrected chi connectivity index (χ2v) is 11.8. The lowest BCUT2D eigenvalue weighted by Crippen LogP contribution is -2.22. The summed E-state index contributed by atoms with van der Waals surface area (Å²) in [6, 6.07) is 21.3. The minimum Gasteiger partial charge on any atom is -0.277 e. The van der Waals surface area contributed by atoms with Gasteiger partial charge in [0.15, 0.2) is 0 Å². The highest BCUT2D eigenvalue weighted by atomic mass is 15.6. The Balaban J connectivity index is 0.000000371. The van der Waals surface area contributed by atoms with Crippen LogP contribution in [0.4, 0.5) is 0 Å². The van der Waals surface area contributed by atoms with Gasteiger partial charge in [-0.2, -0.15) is 5.11 Å². The molecule has 1 atom stereocenters. The van der Waals surface area contributed by atoms with Crippen molar-refractivity contribution in [2.75, 3.05) is 19.6 Å². The van der Waals surface area contributed by atoms with Gasteiger partial charge in [-0.15, -0.1) is 6.58 Å². The van der Waals surface area contributed by atoms with Gasteiger partial charge in [0.1, 0.15) is 0 Å². The van der Waals surface area contributed by atoms with Crippen LogP contribution in [0.1, 0.15) is 128 Å². The smallest absolute Gasteiger partial charge is 0.0921 e. The summed E-state index contributed by atoms with van der Waals surface area (Å²) in [6.45, 7) is 10.9. The van der Waals surface area contributed by atoms with Crippen molar-refractivity contribution in [3.63, 3.8) is 0 Å². The fourth-order valence-electron chi connectivity index (χ4n) is 5.13. The van der Waals surface area contributed by atoms with Gasteiger partial charge in [0, 0.05) is 18.0 Å². The molecule has 0 aromatic heterocycles. The normalized spacial score (nSPS) is 13.3. The van der Waals surface area contributed by atoms with Gasteiger partial charge in [0.05, 0.1) is 12.6 Å². The predicted octanol–water partition coefficient (Wildman–Crippen LogP) is 12.3. The molecule has 6 heteroatoms. The number of allylic oxidation sites excluding steroid dienone is 1. The molecule has 0 N–H and O–H groups in total. The van der Waals surface area contributed by atoms with Crippen molar-refractivity contribution in [1.82, 2.24) is 5.01 Å². The highest BCUT2D eigenvalue weighted by Gasteiger charge is 2.18. The monoisotopic (exact) mass is 603 g/mol. The van der Waals surface area contributed by atoms with E-state index in [1.165, 1.54) is 101 Å². The number of hydrogen-bond donors (Lipinski definition) is 0. The third-order valence-corrected chi connectivity index (χ3v) is 7.77. The first-order valence-corrected chi connectivity index (χ1v) is 17.6. The van der Waals surface area contributed by atoms with Crippen molar-refractivity contribution >= 4 is 0 Å². The Hall–Kier alpha value is -3.11. The maximum absolute atomic E-state index is 8.02. The van der Waals surface area contributed by atoms with Crippen LogP contribution in [0.25, 0.3) is 10.4 Å². The Labute approximate surface area is 270 Å². The third kappa shape index (κ3) is 23.4. The summed E-state index contributed by atoms with van der Waals surface area (Å²) >= 11 is 0. The van der Waals surface area contributed by atoms with Gasteiger partial charge in [0.2, 0.25) is 0 Å². The number of aryl methyl sites for hydroxylation is 2. The number of hydrogen-bond acceptors (Lipinski definition) is 4. The van der Waals surface area contributed by atoms with E-state index in [1.54, 1.807) is 0 Å². The standard InChI is InChI=1S/C19H31N3.C10H20.C9H11N3/c1-2-3-4-5-6-10-15-19-17-22(21-20-19)16-11-14-18-12-8-7-9-13-18;1-3-5-7-9-10-8-6-4-2;10-12-11-8-4-7-9-5-2-1-3-6-9/h7-9,12-13,19H,2-6,10-11,14-17H2,1H3;3H,1,4-10H2,2H3;1-3,5-6H,4,7-8H2. The first-order valence-electron chi connectivity index (χ1n) is 17.6. The molecular formula is C38H62N6. The summed E-state index contributed by atoms with van der Waals surface area (Å²) in [5.41, 5.74) is 10.7. The molecular weight excluding hydrogens is 540 g/mol. The molecule has 0 radical (unpaired) electrons. The number of unbranched alkanes of at least 4 members (excludes halogenated alkanes) is 11. The Morgan fingerprint density at radius 3 is 1.89 bits per heavy atom. The van der Waals surface area contributed by atoms with Gasteiger partial charge in [-0.1, -0.05) is 162 Å². The molecule has 0 saturated heterocycles. The highest BCUT2D eigenvalue weighted by Crippen LogP contribution is 2.17. The van der Waals surface area contributed by atoms with Crippen LogP contribution in [0.15, 0.2) is 88.8 Å². The van der Waals surface area contributed by atoms with Crippen LogP contribution in [-0.2, 0) is 12.8 Å². The summed E-state index contributed by atoms with van der Waals surface area (Å²) in [4.78, 5) is 2.69. The Morgan fingerprint density at radius 2 is 1.32 bits per heavy atom. The van der Waals surface area contributed by atoms with E-state index in [-0.39, 0.29) is 0 Å². The molecule has 0 fully saturated rings. The Kier molecular flexibility index (Phi) is 26.5. The summed E-state index contributed by atoms with van der Waals surface area (Å²) < 4.78 is 0. The zero-order chi connectivity index (χ0) is 31.8. The largest absolute Gasteiger partial charge is 0.277 e. The van der Waals surface area contributed by atoms with Crippen molar-refractivity contribution in [3.8, 4) is 0 Å². The third-order valence-electron chi connectivity index (χ3n) is 7.77. The maximum Gasteiger partial charge on any atom is 0.0921 e. The van der Waals surface area contributed by atoms with E-state index in [2.05, 4.69) is 88.3 Å². The van der Waals surface area contributed by atoms with Gasteiger partial charge in [-0.3, -0.25) is 5.01 Å². The molecule has 1 aliphatic heterocycles. The molecule has 44 heavy (non-hydrogen) atoms. The summed E-state index contributed by atoms with van der Waals surface area (Å²) in [5.74, 6) is 0. The van der Waals surface area contributed by atoms with E-state index in [1.807, 2.05) is 24.3 Å². The fraction of sp³-hybridized carbons (Fsp3) is 0.632. The van der Waals surface area contributed by atoms with Gasteiger partial charge < -0.3 is 0 Å². The molecule has 1 unspecified atom stereocenters. The van der Waals surface area contributed by atoms with Gasteiger partial charge in [-0.25, -0.2) is 0 Å². The first kappa shape index (κ1) is 38.9. The summed E-state index contributed by atoms with van der Waals surface area (Å²) in [6.07, 6.45) is 25.1. The van der Waals surface area contributed by atoms with Crippen molar-refractivity contribution in [2.24, 2.45) is 15.5 Å². The van der Waals surface area contributed by atoms with Crippen LogP contribution in [0.5, 0.6) is 0 Å². The van der Waals surface area contributed by atoms with E-state index >= 15 is 0 Å². The molecule has 1 aliphatic rings. The first-order chi connectivity index (χ1) is 21.7. The molecule has 0 spiro atoms. The molecule has 2 aromatic rings. The van der Waals surface area contributed by atoms with Gasteiger partial charge in [0.25, 0.3) is 0 Å². The van der Waals surface area contributed by atoms with Gasteiger partial charge in [-0.05, 0) is 61.6 Å².